The van der Waals surface area contributed by atoms with Crippen molar-refractivity contribution in [1.29, 1.82) is 0 Å². The van der Waals surface area contributed by atoms with Crippen molar-refractivity contribution in [3.8, 4) is 0 Å². The van der Waals surface area contributed by atoms with Crippen LogP contribution < -0.4 is 5.73 Å². The van der Waals surface area contributed by atoms with E-state index in [1.54, 1.807) is 11.3 Å². The molecule has 0 aromatic carbocycles. The van der Waals surface area contributed by atoms with Crippen molar-refractivity contribution in [2.24, 2.45) is 5.73 Å². The second-order valence-electron chi connectivity index (χ2n) is 3.98. The summed E-state index contributed by atoms with van der Waals surface area (Å²) in [6.45, 7) is 3.01. The Labute approximate surface area is 99.9 Å². The van der Waals surface area contributed by atoms with Crippen LogP contribution in [0.2, 0.25) is 0 Å². The van der Waals surface area contributed by atoms with Gasteiger partial charge in [0.15, 0.2) is 0 Å². The minimum Gasteiger partial charge on any atom is -0.330 e. The maximum absolute atomic E-state index is 5.96. The maximum atomic E-state index is 5.96. The smallest absolute Gasteiger partial charge is 0.110 e. The van der Waals surface area contributed by atoms with Gasteiger partial charge < -0.3 is 10.3 Å². The van der Waals surface area contributed by atoms with E-state index < -0.39 is 0 Å². The van der Waals surface area contributed by atoms with E-state index in [9.17, 15) is 0 Å². The molecule has 0 spiro atoms. The van der Waals surface area contributed by atoms with Crippen molar-refractivity contribution in [3.63, 3.8) is 0 Å². The van der Waals surface area contributed by atoms with Gasteiger partial charge in [0.2, 0.25) is 0 Å². The molecular formula is C12H17N3S. The van der Waals surface area contributed by atoms with Crippen LogP contribution in [0, 0.1) is 0 Å². The molecule has 0 radical (unpaired) electrons. The summed E-state index contributed by atoms with van der Waals surface area (Å²) in [5, 5.41) is 4.27. The van der Waals surface area contributed by atoms with Crippen molar-refractivity contribution >= 4 is 11.3 Å². The fourth-order valence-corrected chi connectivity index (χ4v) is 2.29. The van der Waals surface area contributed by atoms with E-state index in [0.29, 0.717) is 0 Å². The first-order chi connectivity index (χ1) is 7.79. The van der Waals surface area contributed by atoms with Crippen LogP contribution in [0.1, 0.15) is 24.7 Å². The highest BCUT2D eigenvalue weighted by Crippen LogP contribution is 2.10. The minimum atomic E-state index is 0.212. The molecule has 2 aromatic rings. The van der Waals surface area contributed by atoms with Gasteiger partial charge in [-0.1, -0.05) is 6.92 Å². The Kier molecular flexibility index (Phi) is 3.74. The van der Waals surface area contributed by atoms with Crippen LogP contribution in [0.3, 0.4) is 0 Å². The highest BCUT2D eigenvalue weighted by Gasteiger charge is 2.07. The lowest BCUT2D eigenvalue weighted by atomic mass is 10.1. The molecule has 0 saturated heterocycles. The van der Waals surface area contributed by atoms with Gasteiger partial charge in [-0.05, 0) is 28.8 Å². The summed E-state index contributed by atoms with van der Waals surface area (Å²) >= 11 is 1.73. The van der Waals surface area contributed by atoms with Crippen LogP contribution in [-0.4, -0.2) is 15.6 Å². The number of thiophene rings is 1. The van der Waals surface area contributed by atoms with Gasteiger partial charge in [0.05, 0.1) is 0 Å². The summed E-state index contributed by atoms with van der Waals surface area (Å²) in [6.07, 6.45) is 5.72. The van der Waals surface area contributed by atoms with Gasteiger partial charge in [-0.2, -0.15) is 11.3 Å². The van der Waals surface area contributed by atoms with Gasteiger partial charge in [-0.15, -0.1) is 0 Å². The predicted octanol–water partition coefficient (Wildman–Crippen LogP) is 2.27. The number of aromatic nitrogens is 2. The molecule has 0 aliphatic carbocycles. The molecular weight excluding hydrogens is 218 g/mol. The van der Waals surface area contributed by atoms with Gasteiger partial charge >= 0.3 is 0 Å². The normalized spacial score (nSPS) is 12.9. The molecule has 86 valence electrons. The molecule has 0 aliphatic heterocycles. The summed E-state index contributed by atoms with van der Waals surface area (Å²) in [6, 6.07) is 2.36. The Balaban J connectivity index is 2.07. The molecule has 1 atom stereocenters. The Morgan fingerprint density at radius 2 is 2.44 bits per heavy atom. The molecule has 2 heterocycles. The molecule has 0 saturated carbocycles. The molecule has 2 rings (SSSR count). The number of hydrogen-bond acceptors (Lipinski definition) is 3. The Hall–Kier alpha value is -1.13. The second kappa shape index (κ2) is 5.27. The van der Waals surface area contributed by atoms with E-state index in [0.717, 1.165) is 25.2 Å². The van der Waals surface area contributed by atoms with Crippen LogP contribution in [0.25, 0.3) is 0 Å². The fraction of sp³-hybridized carbons (Fsp3) is 0.417. The zero-order valence-electron chi connectivity index (χ0n) is 9.47. The number of nitrogens with two attached hydrogens (primary N) is 1. The lowest BCUT2D eigenvalue weighted by Crippen LogP contribution is -2.23. The van der Waals surface area contributed by atoms with Crippen molar-refractivity contribution in [2.45, 2.75) is 32.4 Å². The first kappa shape index (κ1) is 11.4. The van der Waals surface area contributed by atoms with Crippen molar-refractivity contribution in [3.05, 3.63) is 40.6 Å². The summed E-state index contributed by atoms with van der Waals surface area (Å²) in [5.41, 5.74) is 7.28. The highest BCUT2D eigenvalue weighted by molar-refractivity contribution is 7.07. The molecule has 4 heteroatoms. The van der Waals surface area contributed by atoms with Crippen molar-refractivity contribution in [2.75, 3.05) is 0 Å². The topological polar surface area (TPSA) is 43.8 Å². The maximum Gasteiger partial charge on any atom is 0.110 e. The zero-order chi connectivity index (χ0) is 11.4. The third-order valence-corrected chi connectivity index (χ3v) is 3.44. The van der Waals surface area contributed by atoms with E-state index >= 15 is 0 Å². The van der Waals surface area contributed by atoms with E-state index in [2.05, 4.69) is 33.3 Å². The molecule has 0 fully saturated rings. The predicted molar refractivity (Wildman–Crippen MR) is 67.6 cm³/mol. The van der Waals surface area contributed by atoms with Gasteiger partial charge in [0.25, 0.3) is 0 Å². The summed E-state index contributed by atoms with van der Waals surface area (Å²) in [5.74, 6) is 1.08. The molecule has 0 aliphatic rings. The standard InChI is InChI=1S/C12H17N3S/c1-2-11(13)7-12-14-4-5-15(12)8-10-3-6-16-9-10/h3-6,9,11H,2,7-8,13H2,1H3. The molecule has 2 N–H and O–H groups in total. The molecule has 16 heavy (non-hydrogen) atoms. The first-order valence-corrected chi connectivity index (χ1v) is 6.50. The van der Waals surface area contributed by atoms with Gasteiger partial charge in [0, 0.05) is 31.4 Å². The quantitative estimate of drug-likeness (QED) is 0.864. The van der Waals surface area contributed by atoms with Gasteiger partial charge in [-0.25, -0.2) is 4.98 Å². The van der Waals surface area contributed by atoms with E-state index in [4.69, 9.17) is 5.73 Å². The Bertz CT molecular complexity index is 419. The Morgan fingerprint density at radius 1 is 1.56 bits per heavy atom. The Morgan fingerprint density at radius 3 is 3.12 bits per heavy atom. The highest BCUT2D eigenvalue weighted by atomic mass is 32.1. The summed E-state index contributed by atoms with van der Waals surface area (Å²) in [7, 11) is 0. The van der Waals surface area contributed by atoms with E-state index in [1.807, 2.05) is 12.4 Å². The lowest BCUT2D eigenvalue weighted by molar-refractivity contribution is 0.597. The van der Waals surface area contributed by atoms with E-state index in [1.165, 1.54) is 5.56 Å². The monoisotopic (exact) mass is 235 g/mol. The van der Waals surface area contributed by atoms with Crippen LogP contribution in [0.5, 0.6) is 0 Å². The zero-order valence-corrected chi connectivity index (χ0v) is 10.3. The van der Waals surface area contributed by atoms with Crippen LogP contribution in [0.4, 0.5) is 0 Å². The van der Waals surface area contributed by atoms with Gasteiger partial charge in [-0.3, -0.25) is 0 Å². The average molecular weight is 235 g/mol. The van der Waals surface area contributed by atoms with E-state index in [-0.39, 0.29) is 6.04 Å². The molecule has 0 amide bonds. The third-order valence-electron chi connectivity index (χ3n) is 2.70. The largest absolute Gasteiger partial charge is 0.330 e. The number of imidazole rings is 1. The SMILES string of the molecule is CCC(N)Cc1nccn1Cc1ccsc1. The van der Waals surface area contributed by atoms with Crippen LogP contribution in [-0.2, 0) is 13.0 Å². The molecule has 0 bridgehead atoms. The van der Waals surface area contributed by atoms with Crippen LogP contribution in [0.15, 0.2) is 29.2 Å². The number of nitrogens with zero attached hydrogens (tertiary/aromatic N) is 2. The summed E-state index contributed by atoms with van der Waals surface area (Å²) < 4.78 is 2.18. The first-order valence-electron chi connectivity index (χ1n) is 5.56. The van der Waals surface area contributed by atoms with Crippen molar-refractivity contribution < 1.29 is 0 Å². The van der Waals surface area contributed by atoms with Crippen LogP contribution >= 0.6 is 11.3 Å². The van der Waals surface area contributed by atoms with Crippen molar-refractivity contribution in [1.82, 2.24) is 9.55 Å². The van der Waals surface area contributed by atoms with Gasteiger partial charge in [0.1, 0.15) is 5.82 Å². The second-order valence-corrected chi connectivity index (χ2v) is 4.76. The summed E-state index contributed by atoms with van der Waals surface area (Å²) in [4.78, 5) is 4.37. The lowest BCUT2D eigenvalue weighted by Gasteiger charge is -2.10. The number of rotatable bonds is 5. The third kappa shape index (κ3) is 2.71. The molecule has 3 nitrogen and oxygen atoms in total. The molecule has 1 unspecified atom stereocenters. The fourth-order valence-electron chi connectivity index (χ4n) is 1.63. The molecule has 2 aromatic heterocycles. The minimum absolute atomic E-state index is 0.212. The number of hydrogen-bond donors (Lipinski definition) is 1. The average Bonchev–Trinajstić information content (AvgIpc) is 2.92.